The molecule has 0 fully saturated rings. The molecule has 7 rings (SSSR count). The van der Waals surface area contributed by atoms with Crippen LogP contribution in [0.15, 0.2) is 113 Å². The molecule has 0 bridgehead atoms. The number of aryl methyl sites for hydroxylation is 1. The Morgan fingerprint density at radius 1 is 0.688 bits per heavy atom. The maximum Gasteiger partial charge on any atom is 0.0685 e. The minimum absolute atomic E-state index is 0.126. The van der Waals surface area contributed by atoms with Crippen molar-refractivity contribution in [3.8, 4) is 22.3 Å². The number of benzene rings is 3. The van der Waals surface area contributed by atoms with Gasteiger partial charge in [0.05, 0.1) is 5.41 Å². The van der Waals surface area contributed by atoms with E-state index < -0.39 is 0 Å². The Hall–Kier alpha value is -3.38. The van der Waals surface area contributed by atoms with Crippen LogP contribution in [0.2, 0.25) is 0 Å². The summed E-state index contributed by atoms with van der Waals surface area (Å²) in [5.74, 6) is 0. The third-order valence-electron chi connectivity index (χ3n) is 7.95. The van der Waals surface area contributed by atoms with Crippen molar-refractivity contribution in [2.45, 2.75) is 38.0 Å². The Labute approximate surface area is 190 Å². The summed E-state index contributed by atoms with van der Waals surface area (Å²) in [6.45, 7) is 2.16. The van der Waals surface area contributed by atoms with Crippen molar-refractivity contribution in [3.63, 3.8) is 0 Å². The minimum Gasteiger partial charge on any atom is -0.0839 e. The highest BCUT2D eigenvalue weighted by Crippen LogP contribution is 2.64. The van der Waals surface area contributed by atoms with Crippen LogP contribution in [0.1, 0.15) is 42.4 Å². The molecule has 1 unspecified atom stereocenters. The van der Waals surface area contributed by atoms with Gasteiger partial charge in [-0.2, -0.15) is 0 Å². The topological polar surface area (TPSA) is 0 Å². The monoisotopic (exact) mass is 410 g/mol. The van der Waals surface area contributed by atoms with Crippen LogP contribution in [0, 0.1) is 6.92 Å². The fourth-order valence-corrected chi connectivity index (χ4v) is 6.61. The maximum atomic E-state index is 2.50. The number of allylic oxidation sites excluding steroid dienone is 8. The van der Waals surface area contributed by atoms with Crippen LogP contribution in [0.3, 0.4) is 0 Å². The van der Waals surface area contributed by atoms with Crippen molar-refractivity contribution in [1.82, 2.24) is 0 Å². The van der Waals surface area contributed by atoms with Crippen LogP contribution < -0.4 is 0 Å². The van der Waals surface area contributed by atoms with Gasteiger partial charge < -0.3 is 0 Å². The largest absolute Gasteiger partial charge is 0.0839 e. The number of hydrogen-bond acceptors (Lipinski definition) is 0. The Morgan fingerprint density at radius 2 is 1.44 bits per heavy atom. The fraction of sp³-hybridized carbons (Fsp3) is 0.188. The van der Waals surface area contributed by atoms with Crippen molar-refractivity contribution in [2.75, 3.05) is 0 Å². The van der Waals surface area contributed by atoms with Crippen molar-refractivity contribution < 1.29 is 0 Å². The zero-order valence-corrected chi connectivity index (χ0v) is 18.5. The summed E-state index contributed by atoms with van der Waals surface area (Å²) < 4.78 is 0. The van der Waals surface area contributed by atoms with Crippen molar-refractivity contribution in [1.29, 1.82) is 0 Å². The van der Waals surface area contributed by atoms with Gasteiger partial charge in [0.2, 0.25) is 0 Å². The first-order valence-electron chi connectivity index (χ1n) is 11.9. The molecule has 0 saturated heterocycles. The van der Waals surface area contributed by atoms with Crippen molar-refractivity contribution in [2.24, 2.45) is 0 Å². The van der Waals surface area contributed by atoms with Crippen LogP contribution >= 0.6 is 0 Å². The minimum atomic E-state index is -0.126. The van der Waals surface area contributed by atoms with E-state index in [1.807, 2.05) is 0 Å². The highest BCUT2D eigenvalue weighted by atomic mass is 14.5. The van der Waals surface area contributed by atoms with Gasteiger partial charge in [-0.1, -0.05) is 90.5 Å². The standard InChI is InChI=1S/C32H26/c1-21-14-16-22(17-15-21)23-18-19-27-26-10-4-7-13-30(26)32(31(27)20-23)28-11-5-2-8-24(28)25-9-3-6-12-29(25)32/h2,4,6-8,10,12-20H,3,5,9,11H2,1H3. The summed E-state index contributed by atoms with van der Waals surface area (Å²) >= 11 is 0. The number of hydrogen-bond donors (Lipinski definition) is 0. The first-order chi connectivity index (χ1) is 15.8. The van der Waals surface area contributed by atoms with Crippen LogP contribution in [0.4, 0.5) is 0 Å². The molecule has 3 aromatic carbocycles. The van der Waals surface area contributed by atoms with Gasteiger partial charge in [-0.25, -0.2) is 0 Å². The molecule has 0 nitrogen and oxygen atoms in total. The van der Waals surface area contributed by atoms with E-state index in [0.717, 1.165) is 25.7 Å². The Morgan fingerprint density at radius 3 is 2.34 bits per heavy atom. The average molecular weight is 411 g/mol. The summed E-state index contributed by atoms with van der Waals surface area (Å²) in [5, 5.41) is 0. The summed E-state index contributed by atoms with van der Waals surface area (Å²) in [5.41, 5.74) is 15.9. The summed E-state index contributed by atoms with van der Waals surface area (Å²) in [7, 11) is 0. The Balaban J connectivity index is 1.57. The zero-order chi connectivity index (χ0) is 21.3. The van der Waals surface area contributed by atoms with Gasteiger partial charge in [0.1, 0.15) is 0 Å². The molecule has 0 radical (unpaired) electrons. The third kappa shape index (κ3) is 2.22. The molecule has 0 heterocycles. The average Bonchev–Trinajstić information content (AvgIpc) is 3.32. The summed E-state index contributed by atoms with van der Waals surface area (Å²) in [4.78, 5) is 0. The lowest BCUT2D eigenvalue weighted by atomic mass is 9.66. The van der Waals surface area contributed by atoms with E-state index in [1.54, 1.807) is 11.1 Å². The molecule has 32 heavy (non-hydrogen) atoms. The fourth-order valence-electron chi connectivity index (χ4n) is 6.61. The summed E-state index contributed by atoms with van der Waals surface area (Å²) in [6, 6.07) is 25.3. The lowest BCUT2D eigenvalue weighted by Crippen LogP contribution is -2.29. The van der Waals surface area contributed by atoms with Gasteiger partial charge in [0.15, 0.2) is 0 Å². The van der Waals surface area contributed by atoms with Gasteiger partial charge in [0.25, 0.3) is 0 Å². The molecule has 0 aliphatic heterocycles. The van der Waals surface area contributed by atoms with Gasteiger partial charge in [-0.15, -0.1) is 0 Å². The zero-order valence-electron chi connectivity index (χ0n) is 18.5. The van der Waals surface area contributed by atoms with Gasteiger partial charge in [-0.05, 0) is 94.3 Å². The lowest BCUT2D eigenvalue weighted by molar-refractivity contribution is 0.701. The molecule has 0 saturated carbocycles. The molecular formula is C32H26. The second-order valence-electron chi connectivity index (χ2n) is 9.59. The molecule has 4 aliphatic rings. The van der Waals surface area contributed by atoms with Crippen LogP contribution in [0.25, 0.3) is 22.3 Å². The van der Waals surface area contributed by atoms with Crippen molar-refractivity contribution in [3.05, 3.63) is 130 Å². The van der Waals surface area contributed by atoms with E-state index in [4.69, 9.17) is 0 Å². The normalized spacial score (nSPS) is 22.3. The molecule has 154 valence electrons. The first kappa shape index (κ1) is 18.2. The Bertz CT molecular complexity index is 1400. The number of fused-ring (bicyclic) bond motifs is 8. The van der Waals surface area contributed by atoms with Crippen LogP contribution in [-0.4, -0.2) is 0 Å². The molecular weight excluding hydrogens is 384 g/mol. The third-order valence-corrected chi connectivity index (χ3v) is 7.95. The second kappa shape index (κ2) is 6.56. The molecule has 1 spiro atoms. The molecule has 0 heteroatoms. The molecule has 0 aromatic heterocycles. The van der Waals surface area contributed by atoms with Gasteiger partial charge in [0, 0.05) is 0 Å². The van der Waals surface area contributed by atoms with Crippen LogP contribution in [0.5, 0.6) is 0 Å². The number of rotatable bonds is 1. The molecule has 1 atom stereocenters. The predicted molar refractivity (Wildman–Crippen MR) is 134 cm³/mol. The summed E-state index contributed by atoms with van der Waals surface area (Å²) in [6.07, 6.45) is 14.2. The van der Waals surface area contributed by atoms with E-state index in [0.29, 0.717) is 0 Å². The lowest BCUT2D eigenvalue weighted by Gasteiger charge is -2.35. The quantitative estimate of drug-likeness (QED) is 0.379. The van der Waals surface area contributed by atoms with Crippen molar-refractivity contribution >= 4 is 0 Å². The van der Waals surface area contributed by atoms with Gasteiger partial charge in [-0.3, -0.25) is 0 Å². The van der Waals surface area contributed by atoms with E-state index in [2.05, 4.69) is 98.0 Å². The molecule has 0 amide bonds. The molecule has 4 aliphatic carbocycles. The van der Waals surface area contributed by atoms with E-state index in [1.165, 1.54) is 50.1 Å². The molecule has 3 aromatic rings. The SMILES string of the molecule is Cc1ccc(-c2ccc3c(c2)C2(C4=C(CCC=C4)C4=C2CCC=C4)c2ccccc2-3)cc1. The molecule has 0 N–H and O–H groups in total. The maximum absolute atomic E-state index is 2.50. The Kier molecular flexibility index (Phi) is 3.73. The van der Waals surface area contributed by atoms with Crippen LogP contribution in [-0.2, 0) is 5.41 Å². The van der Waals surface area contributed by atoms with E-state index in [9.17, 15) is 0 Å². The van der Waals surface area contributed by atoms with Gasteiger partial charge >= 0.3 is 0 Å². The van der Waals surface area contributed by atoms with E-state index >= 15 is 0 Å². The highest BCUT2D eigenvalue weighted by Gasteiger charge is 2.53. The second-order valence-corrected chi connectivity index (χ2v) is 9.59. The predicted octanol–water partition coefficient (Wildman–Crippen LogP) is 8.24. The first-order valence-corrected chi connectivity index (χ1v) is 11.9. The highest BCUT2D eigenvalue weighted by molar-refractivity contribution is 5.91. The smallest absolute Gasteiger partial charge is 0.0685 e. The van der Waals surface area contributed by atoms with E-state index in [-0.39, 0.29) is 5.41 Å².